The van der Waals surface area contributed by atoms with E-state index in [-0.39, 0.29) is 5.41 Å². The van der Waals surface area contributed by atoms with Crippen molar-refractivity contribution in [3.63, 3.8) is 0 Å². The number of fused-ring (bicyclic) bond motifs is 2. The van der Waals surface area contributed by atoms with Gasteiger partial charge in [0, 0.05) is 6.61 Å². The molecule has 1 fully saturated rings. The van der Waals surface area contributed by atoms with Gasteiger partial charge in [0.15, 0.2) is 0 Å². The molecule has 0 aromatic heterocycles. The van der Waals surface area contributed by atoms with Gasteiger partial charge < -0.3 is 5.11 Å². The maximum Gasteiger partial charge on any atom is 0.0490 e. The summed E-state index contributed by atoms with van der Waals surface area (Å²) in [4.78, 5) is 0. The Morgan fingerprint density at radius 1 is 1.60 bits per heavy atom. The highest BCUT2D eigenvalue weighted by Crippen LogP contribution is 2.51. The molecule has 1 N–H and O–H groups in total. The summed E-state index contributed by atoms with van der Waals surface area (Å²) in [6, 6.07) is 0. The van der Waals surface area contributed by atoms with Gasteiger partial charge in [0.25, 0.3) is 0 Å². The van der Waals surface area contributed by atoms with Crippen molar-refractivity contribution in [3.8, 4) is 0 Å². The molecule has 0 amide bonds. The van der Waals surface area contributed by atoms with E-state index in [9.17, 15) is 0 Å². The number of hydrogen-bond donors (Lipinski definition) is 1. The lowest BCUT2D eigenvalue weighted by molar-refractivity contribution is 0.116. The van der Waals surface area contributed by atoms with E-state index in [1.54, 1.807) is 0 Å². The lowest BCUT2D eigenvalue weighted by Crippen LogP contribution is -2.25. The zero-order chi connectivity index (χ0) is 7.19. The number of aliphatic hydroxyl groups is 1. The fourth-order valence-corrected chi connectivity index (χ4v) is 2.37. The first-order valence-corrected chi connectivity index (χ1v) is 4.04. The van der Waals surface area contributed by atoms with Crippen LogP contribution < -0.4 is 0 Å². The van der Waals surface area contributed by atoms with Crippen LogP contribution in [-0.4, -0.2) is 11.7 Å². The molecule has 1 heteroatoms. The van der Waals surface area contributed by atoms with Crippen LogP contribution in [0, 0.1) is 17.3 Å². The zero-order valence-electron chi connectivity index (χ0n) is 6.38. The molecule has 2 aliphatic rings. The van der Waals surface area contributed by atoms with Crippen LogP contribution in [0.1, 0.15) is 19.8 Å². The fourth-order valence-electron chi connectivity index (χ4n) is 2.37. The van der Waals surface area contributed by atoms with Crippen LogP contribution in [0.25, 0.3) is 0 Å². The van der Waals surface area contributed by atoms with Crippen LogP contribution >= 0.6 is 0 Å². The summed E-state index contributed by atoms with van der Waals surface area (Å²) in [7, 11) is 0. The minimum absolute atomic E-state index is 0.222. The third-order valence-corrected chi connectivity index (χ3v) is 3.16. The summed E-state index contributed by atoms with van der Waals surface area (Å²) in [5.74, 6) is 1.45. The molecule has 0 aromatic rings. The number of aliphatic hydroxyl groups excluding tert-OH is 1. The van der Waals surface area contributed by atoms with E-state index in [1.807, 2.05) is 0 Å². The van der Waals surface area contributed by atoms with Crippen molar-refractivity contribution in [2.24, 2.45) is 17.3 Å². The molecule has 0 spiro atoms. The van der Waals surface area contributed by atoms with Gasteiger partial charge in [-0.25, -0.2) is 0 Å². The quantitative estimate of drug-likeness (QED) is 0.545. The summed E-state index contributed by atoms with van der Waals surface area (Å²) in [6.45, 7) is 2.56. The maximum absolute atomic E-state index is 9.11. The van der Waals surface area contributed by atoms with E-state index in [4.69, 9.17) is 5.11 Å². The SMILES string of the molecule is C[C@]1(CO)C[C@@H]2C=C[C@H]1C2. The largest absolute Gasteiger partial charge is 0.396 e. The number of rotatable bonds is 1. The van der Waals surface area contributed by atoms with Crippen molar-refractivity contribution >= 4 is 0 Å². The van der Waals surface area contributed by atoms with E-state index in [2.05, 4.69) is 19.1 Å². The molecule has 0 radical (unpaired) electrons. The highest BCUT2D eigenvalue weighted by molar-refractivity contribution is 5.14. The molecule has 2 aliphatic carbocycles. The molecule has 56 valence electrons. The molecule has 0 heterocycles. The first kappa shape index (κ1) is 6.41. The minimum atomic E-state index is 0.222. The Kier molecular flexibility index (Phi) is 1.19. The summed E-state index contributed by atoms with van der Waals surface area (Å²) in [6.07, 6.45) is 7.08. The van der Waals surface area contributed by atoms with Gasteiger partial charge in [0.05, 0.1) is 0 Å². The fraction of sp³-hybridized carbons (Fsp3) is 0.778. The maximum atomic E-state index is 9.11. The van der Waals surface area contributed by atoms with E-state index in [0.717, 1.165) is 5.92 Å². The Morgan fingerprint density at radius 2 is 2.40 bits per heavy atom. The van der Waals surface area contributed by atoms with Gasteiger partial charge in [-0.1, -0.05) is 19.1 Å². The average molecular weight is 138 g/mol. The van der Waals surface area contributed by atoms with Crippen LogP contribution in [0.2, 0.25) is 0 Å². The molecule has 2 rings (SSSR count). The molecular formula is C9H14O. The lowest BCUT2D eigenvalue weighted by Gasteiger charge is -2.28. The molecule has 2 bridgehead atoms. The summed E-state index contributed by atoms with van der Waals surface area (Å²) < 4.78 is 0. The second kappa shape index (κ2) is 1.85. The summed E-state index contributed by atoms with van der Waals surface area (Å²) in [5.41, 5.74) is 0.222. The van der Waals surface area contributed by atoms with E-state index in [1.165, 1.54) is 12.8 Å². The third kappa shape index (κ3) is 0.671. The molecule has 0 aliphatic heterocycles. The molecule has 0 unspecified atom stereocenters. The van der Waals surface area contributed by atoms with Crippen LogP contribution in [0.3, 0.4) is 0 Å². The van der Waals surface area contributed by atoms with E-state index < -0.39 is 0 Å². The van der Waals surface area contributed by atoms with Crippen molar-refractivity contribution < 1.29 is 5.11 Å². The van der Waals surface area contributed by atoms with E-state index >= 15 is 0 Å². The molecule has 10 heavy (non-hydrogen) atoms. The monoisotopic (exact) mass is 138 g/mol. The van der Waals surface area contributed by atoms with Gasteiger partial charge in [-0.05, 0) is 30.1 Å². The van der Waals surface area contributed by atoms with Gasteiger partial charge in [-0.3, -0.25) is 0 Å². The van der Waals surface area contributed by atoms with Crippen molar-refractivity contribution in [3.05, 3.63) is 12.2 Å². The zero-order valence-corrected chi connectivity index (χ0v) is 6.38. The second-order valence-electron chi connectivity index (χ2n) is 4.00. The standard InChI is InChI=1S/C9H14O/c1-9(6-10)5-7-2-3-8(9)4-7/h2-3,7-8,10H,4-6H2,1H3/t7-,8+,9-/m1/s1. The van der Waals surface area contributed by atoms with E-state index in [0.29, 0.717) is 12.5 Å². The van der Waals surface area contributed by atoms with Gasteiger partial charge in [-0.15, -0.1) is 0 Å². The van der Waals surface area contributed by atoms with Crippen molar-refractivity contribution in [1.82, 2.24) is 0 Å². The summed E-state index contributed by atoms with van der Waals surface area (Å²) in [5, 5.41) is 9.11. The van der Waals surface area contributed by atoms with Crippen molar-refractivity contribution in [2.45, 2.75) is 19.8 Å². The number of hydrogen-bond acceptors (Lipinski definition) is 1. The highest BCUT2D eigenvalue weighted by Gasteiger charge is 2.44. The van der Waals surface area contributed by atoms with Gasteiger partial charge in [0.2, 0.25) is 0 Å². The normalized spacial score (nSPS) is 50.6. The molecule has 0 saturated heterocycles. The van der Waals surface area contributed by atoms with Crippen molar-refractivity contribution in [2.75, 3.05) is 6.61 Å². The first-order chi connectivity index (χ1) is 4.74. The third-order valence-electron chi connectivity index (χ3n) is 3.16. The topological polar surface area (TPSA) is 20.2 Å². The molecular weight excluding hydrogens is 124 g/mol. The molecule has 3 atom stereocenters. The van der Waals surface area contributed by atoms with Gasteiger partial charge in [0.1, 0.15) is 0 Å². The van der Waals surface area contributed by atoms with Crippen molar-refractivity contribution in [1.29, 1.82) is 0 Å². The average Bonchev–Trinajstić information content (AvgIpc) is 2.46. The predicted molar refractivity (Wildman–Crippen MR) is 40.5 cm³/mol. The van der Waals surface area contributed by atoms with Crippen LogP contribution in [0.15, 0.2) is 12.2 Å². The Balaban J connectivity index is 2.22. The first-order valence-electron chi connectivity index (χ1n) is 4.04. The van der Waals surface area contributed by atoms with Crippen LogP contribution in [0.5, 0.6) is 0 Å². The molecule has 1 saturated carbocycles. The van der Waals surface area contributed by atoms with Gasteiger partial charge >= 0.3 is 0 Å². The van der Waals surface area contributed by atoms with Gasteiger partial charge in [-0.2, -0.15) is 0 Å². The Bertz CT molecular complexity index is 174. The number of allylic oxidation sites excluding steroid dienone is 2. The minimum Gasteiger partial charge on any atom is -0.396 e. The second-order valence-corrected chi connectivity index (χ2v) is 4.00. The Hall–Kier alpha value is -0.300. The van der Waals surface area contributed by atoms with Crippen LogP contribution in [-0.2, 0) is 0 Å². The molecule has 0 aromatic carbocycles. The Labute approximate surface area is 61.8 Å². The molecule has 1 nitrogen and oxygen atoms in total. The Morgan fingerprint density at radius 3 is 2.70 bits per heavy atom. The van der Waals surface area contributed by atoms with Crippen LogP contribution in [0.4, 0.5) is 0 Å². The lowest BCUT2D eigenvalue weighted by atomic mass is 9.78. The predicted octanol–water partition coefficient (Wildman–Crippen LogP) is 1.58. The smallest absolute Gasteiger partial charge is 0.0490 e. The highest BCUT2D eigenvalue weighted by atomic mass is 16.3. The summed E-state index contributed by atoms with van der Waals surface area (Å²) >= 11 is 0.